The van der Waals surface area contributed by atoms with E-state index >= 15 is 0 Å². The normalized spacial score (nSPS) is 9.31. The molecule has 0 unspecified atom stereocenters. The number of carbonyl (C=O) groups excluding carboxylic acids is 1. The summed E-state index contributed by atoms with van der Waals surface area (Å²) < 4.78 is 1.61. The van der Waals surface area contributed by atoms with Crippen molar-refractivity contribution in [1.82, 2.24) is 14.7 Å². The van der Waals surface area contributed by atoms with Crippen LogP contribution in [-0.4, -0.2) is 27.6 Å². The maximum atomic E-state index is 11.3. The van der Waals surface area contributed by atoms with E-state index in [1.807, 2.05) is 0 Å². The summed E-state index contributed by atoms with van der Waals surface area (Å²) in [7, 11) is 3.20. The van der Waals surface area contributed by atoms with Crippen molar-refractivity contribution in [2.24, 2.45) is 7.05 Å². The lowest BCUT2D eigenvalue weighted by Gasteiger charge is -2.06. The molecular weight excluding hydrogens is 168 g/mol. The van der Waals surface area contributed by atoms with Gasteiger partial charge >= 0.3 is 0 Å². The van der Waals surface area contributed by atoms with Crippen molar-refractivity contribution in [1.29, 1.82) is 5.26 Å². The number of nitrogens with zero attached hydrogens (tertiary/aromatic N) is 4. The highest BCUT2D eigenvalue weighted by Crippen LogP contribution is 1.99. The van der Waals surface area contributed by atoms with Gasteiger partial charge in [0.1, 0.15) is 0 Å². The minimum atomic E-state index is -0.230. The second-order valence-corrected chi connectivity index (χ2v) is 2.68. The average molecular weight is 178 g/mol. The molecule has 68 valence electrons. The second-order valence-electron chi connectivity index (χ2n) is 2.68. The van der Waals surface area contributed by atoms with E-state index in [0.29, 0.717) is 0 Å². The molecule has 1 rings (SSSR count). The maximum absolute atomic E-state index is 11.3. The maximum Gasteiger partial charge on any atom is 0.241 e. The van der Waals surface area contributed by atoms with Crippen LogP contribution in [0.15, 0.2) is 12.3 Å². The highest BCUT2D eigenvalue weighted by molar-refractivity contribution is 5.79. The predicted molar refractivity (Wildman–Crippen MR) is 45.3 cm³/mol. The second kappa shape index (κ2) is 3.72. The van der Waals surface area contributed by atoms with Crippen LogP contribution in [0.4, 0.5) is 0 Å². The fraction of sp³-hybridized carbons (Fsp3) is 0.375. The Morgan fingerprint density at radius 1 is 1.85 bits per heavy atom. The summed E-state index contributed by atoms with van der Waals surface area (Å²) in [6, 6.07) is 1.75. The molecule has 1 aromatic rings. The minimum Gasteiger partial charge on any atom is -0.273 e. The number of amides is 1. The molecular formula is C8H10N4O. The molecule has 5 nitrogen and oxygen atoms in total. The van der Waals surface area contributed by atoms with Gasteiger partial charge < -0.3 is 0 Å². The first-order chi connectivity index (χ1) is 6.15. The lowest BCUT2D eigenvalue weighted by molar-refractivity contribution is -0.126. The molecule has 0 bridgehead atoms. The van der Waals surface area contributed by atoms with E-state index in [2.05, 4.69) is 5.10 Å². The Kier molecular flexibility index (Phi) is 2.65. The predicted octanol–water partition coefficient (Wildman–Crippen LogP) is -0.0979. The third-order valence-corrected chi connectivity index (χ3v) is 1.78. The largest absolute Gasteiger partial charge is 0.273 e. The average Bonchev–Trinajstić information content (AvgIpc) is 2.50. The number of nitriles is 1. The number of carbonyl (C=O) groups is 1. The van der Waals surface area contributed by atoms with Gasteiger partial charge in [-0.1, -0.05) is 0 Å². The van der Waals surface area contributed by atoms with E-state index in [9.17, 15) is 4.79 Å². The van der Waals surface area contributed by atoms with E-state index in [0.717, 1.165) is 10.6 Å². The highest BCUT2D eigenvalue weighted by atomic mass is 16.2. The number of hydrogen-bond donors (Lipinski definition) is 0. The van der Waals surface area contributed by atoms with Crippen molar-refractivity contribution in [2.75, 3.05) is 7.05 Å². The van der Waals surface area contributed by atoms with Crippen molar-refractivity contribution in [3.8, 4) is 6.19 Å². The van der Waals surface area contributed by atoms with Crippen molar-refractivity contribution in [3.05, 3.63) is 18.0 Å². The standard InChI is InChI=1S/C8H10N4O/c1-11(6-9)8(13)5-7-3-4-10-12(7)2/h3-4H,5H2,1-2H3. The van der Waals surface area contributed by atoms with Crippen LogP contribution in [-0.2, 0) is 18.3 Å². The first-order valence-corrected chi connectivity index (χ1v) is 3.78. The fourth-order valence-corrected chi connectivity index (χ4v) is 0.904. The molecule has 1 aromatic heterocycles. The van der Waals surface area contributed by atoms with Crippen molar-refractivity contribution in [2.45, 2.75) is 6.42 Å². The molecule has 0 aliphatic rings. The molecule has 5 heteroatoms. The molecule has 0 aliphatic carbocycles. The third-order valence-electron chi connectivity index (χ3n) is 1.78. The smallest absolute Gasteiger partial charge is 0.241 e. The van der Waals surface area contributed by atoms with Crippen LogP contribution < -0.4 is 0 Å². The highest BCUT2D eigenvalue weighted by Gasteiger charge is 2.10. The molecule has 0 radical (unpaired) electrons. The topological polar surface area (TPSA) is 61.9 Å². The number of aryl methyl sites for hydroxylation is 1. The Morgan fingerprint density at radius 3 is 3.00 bits per heavy atom. The van der Waals surface area contributed by atoms with Crippen molar-refractivity contribution >= 4 is 5.91 Å². The summed E-state index contributed by atoms with van der Waals surface area (Å²) in [4.78, 5) is 12.3. The molecule has 13 heavy (non-hydrogen) atoms. The fourth-order valence-electron chi connectivity index (χ4n) is 0.904. The van der Waals surface area contributed by atoms with Crippen LogP contribution in [0.5, 0.6) is 0 Å². The Labute approximate surface area is 76.2 Å². The van der Waals surface area contributed by atoms with Crippen LogP contribution in [0.1, 0.15) is 5.69 Å². The number of hydrogen-bond acceptors (Lipinski definition) is 3. The third kappa shape index (κ3) is 2.06. The van der Waals surface area contributed by atoms with Crippen LogP contribution in [0.3, 0.4) is 0 Å². The van der Waals surface area contributed by atoms with Gasteiger partial charge in [-0.25, -0.2) is 0 Å². The van der Waals surface area contributed by atoms with Crippen molar-refractivity contribution < 1.29 is 4.79 Å². The van der Waals surface area contributed by atoms with Gasteiger partial charge in [0.25, 0.3) is 0 Å². The zero-order chi connectivity index (χ0) is 9.84. The summed E-state index contributed by atoms with van der Waals surface area (Å²) in [6.45, 7) is 0. The lowest BCUT2D eigenvalue weighted by Crippen LogP contribution is -2.24. The molecule has 0 saturated heterocycles. The molecule has 1 heterocycles. The van der Waals surface area contributed by atoms with Gasteiger partial charge in [0, 0.05) is 26.0 Å². The Balaban J connectivity index is 2.66. The van der Waals surface area contributed by atoms with Gasteiger partial charge in [-0.3, -0.25) is 14.4 Å². The van der Waals surface area contributed by atoms with E-state index in [1.54, 1.807) is 30.2 Å². The van der Waals surface area contributed by atoms with Crippen LogP contribution in [0.2, 0.25) is 0 Å². The first kappa shape index (κ1) is 9.26. The Hall–Kier alpha value is -1.83. The number of aromatic nitrogens is 2. The molecule has 0 aromatic carbocycles. The molecule has 0 spiro atoms. The number of likely N-dealkylation sites (N-methyl/N-ethyl adjacent to an activating group) is 1. The SMILES string of the molecule is CN(C#N)C(=O)Cc1ccnn1C. The molecule has 1 amide bonds. The van der Waals surface area contributed by atoms with Crippen LogP contribution >= 0.6 is 0 Å². The van der Waals surface area contributed by atoms with Gasteiger partial charge in [-0.15, -0.1) is 0 Å². The summed E-state index contributed by atoms with van der Waals surface area (Å²) >= 11 is 0. The molecule has 0 fully saturated rings. The Bertz CT molecular complexity index is 349. The summed E-state index contributed by atoms with van der Waals surface area (Å²) in [5.74, 6) is -0.230. The monoisotopic (exact) mass is 178 g/mol. The summed E-state index contributed by atoms with van der Waals surface area (Å²) in [6.07, 6.45) is 3.58. The Morgan fingerprint density at radius 2 is 2.54 bits per heavy atom. The van der Waals surface area contributed by atoms with E-state index in [-0.39, 0.29) is 12.3 Å². The van der Waals surface area contributed by atoms with E-state index < -0.39 is 0 Å². The minimum absolute atomic E-state index is 0.209. The molecule has 0 atom stereocenters. The number of rotatable bonds is 2. The zero-order valence-corrected chi connectivity index (χ0v) is 7.56. The summed E-state index contributed by atoms with van der Waals surface area (Å²) in [5.41, 5.74) is 0.798. The van der Waals surface area contributed by atoms with E-state index in [4.69, 9.17) is 5.26 Å². The first-order valence-electron chi connectivity index (χ1n) is 3.78. The van der Waals surface area contributed by atoms with Gasteiger partial charge in [-0.2, -0.15) is 10.4 Å². The summed E-state index contributed by atoms with van der Waals surface area (Å²) in [5, 5.41) is 12.4. The van der Waals surface area contributed by atoms with Gasteiger partial charge in [0.05, 0.1) is 6.42 Å². The lowest BCUT2D eigenvalue weighted by atomic mass is 10.3. The van der Waals surface area contributed by atoms with Gasteiger partial charge in [0.2, 0.25) is 5.91 Å². The zero-order valence-electron chi connectivity index (χ0n) is 7.56. The molecule has 0 N–H and O–H groups in total. The van der Waals surface area contributed by atoms with Gasteiger partial charge in [0.15, 0.2) is 6.19 Å². The van der Waals surface area contributed by atoms with E-state index in [1.165, 1.54) is 7.05 Å². The molecule has 0 saturated carbocycles. The van der Waals surface area contributed by atoms with Crippen LogP contribution in [0.25, 0.3) is 0 Å². The quantitative estimate of drug-likeness (QED) is 0.469. The molecule has 0 aliphatic heterocycles. The van der Waals surface area contributed by atoms with Crippen LogP contribution in [0, 0.1) is 11.5 Å². The van der Waals surface area contributed by atoms with Crippen molar-refractivity contribution in [3.63, 3.8) is 0 Å². The van der Waals surface area contributed by atoms with Gasteiger partial charge in [-0.05, 0) is 6.07 Å².